The Morgan fingerprint density at radius 2 is 1.67 bits per heavy atom. The number of amides is 1. The average molecular weight is 445 g/mol. The Morgan fingerprint density at radius 3 is 2.39 bits per heavy atom. The van der Waals surface area contributed by atoms with Crippen LogP contribution in [-0.4, -0.2) is 15.0 Å². The summed E-state index contributed by atoms with van der Waals surface area (Å²) in [5.41, 5.74) is 2.35. The van der Waals surface area contributed by atoms with E-state index in [9.17, 15) is 18.8 Å². The van der Waals surface area contributed by atoms with Crippen LogP contribution in [0.3, 0.4) is 0 Å². The SMILES string of the molecule is Cc1cccc(-n2c(=O)c3ccccc3n([C@@H](C)C(=O)NCc3ccc(F)cc3)c2=O)c1C. The summed E-state index contributed by atoms with van der Waals surface area (Å²) in [6.07, 6.45) is 0. The lowest BCUT2D eigenvalue weighted by atomic mass is 10.1. The van der Waals surface area contributed by atoms with Gasteiger partial charge in [-0.3, -0.25) is 14.2 Å². The van der Waals surface area contributed by atoms with E-state index >= 15 is 0 Å². The lowest BCUT2D eigenvalue weighted by Gasteiger charge is -2.20. The van der Waals surface area contributed by atoms with Crippen LogP contribution in [0.15, 0.2) is 76.3 Å². The fourth-order valence-electron chi connectivity index (χ4n) is 3.90. The van der Waals surface area contributed by atoms with Crippen LogP contribution in [0, 0.1) is 19.7 Å². The summed E-state index contributed by atoms with van der Waals surface area (Å²) in [5, 5.41) is 3.14. The maximum Gasteiger partial charge on any atom is 0.336 e. The normalized spacial score (nSPS) is 12.0. The molecule has 0 aliphatic rings. The van der Waals surface area contributed by atoms with E-state index in [1.165, 1.54) is 16.7 Å². The van der Waals surface area contributed by atoms with E-state index in [-0.39, 0.29) is 12.4 Å². The van der Waals surface area contributed by atoms with Crippen molar-refractivity contribution in [2.24, 2.45) is 0 Å². The van der Waals surface area contributed by atoms with Crippen LogP contribution >= 0.6 is 0 Å². The average Bonchev–Trinajstić information content (AvgIpc) is 2.81. The molecule has 1 heterocycles. The second-order valence-electron chi connectivity index (χ2n) is 8.05. The highest BCUT2D eigenvalue weighted by Crippen LogP contribution is 2.18. The van der Waals surface area contributed by atoms with E-state index in [0.717, 1.165) is 21.3 Å². The number of halogens is 1. The van der Waals surface area contributed by atoms with E-state index in [1.54, 1.807) is 55.5 Å². The van der Waals surface area contributed by atoms with Gasteiger partial charge < -0.3 is 5.32 Å². The van der Waals surface area contributed by atoms with Crippen molar-refractivity contribution in [1.29, 1.82) is 0 Å². The van der Waals surface area contributed by atoms with Crippen molar-refractivity contribution in [2.75, 3.05) is 0 Å². The lowest BCUT2D eigenvalue weighted by molar-refractivity contribution is -0.124. The standard InChI is InChI=1S/C26H24FN3O3/c1-16-7-6-10-22(17(16)2)30-25(32)21-8-4-5-9-23(21)29(26(30)33)18(3)24(31)28-15-19-11-13-20(27)14-12-19/h4-14,18H,15H2,1-3H3,(H,28,31)/t18-/m0/s1. The molecule has 0 bridgehead atoms. The Hall–Kier alpha value is -4.00. The number of aromatic nitrogens is 2. The van der Waals surface area contributed by atoms with E-state index in [4.69, 9.17) is 0 Å². The zero-order chi connectivity index (χ0) is 23.7. The molecule has 1 amide bonds. The molecule has 1 N–H and O–H groups in total. The molecule has 1 aromatic heterocycles. The van der Waals surface area contributed by atoms with Crippen LogP contribution in [-0.2, 0) is 11.3 Å². The Morgan fingerprint density at radius 1 is 0.970 bits per heavy atom. The first kappa shape index (κ1) is 22.2. The summed E-state index contributed by atoms with van der Waals surface area (Å²) in [5.74, 6) is -0.747. The minimum absolute atomic E-state index is 0.187. The second kappa shape index (κ2) is 8.86. The fourth-order valence-corrected chi connectivity index (χ4v) is 3.90. The Kier molecular flexibility index (Phi) is 5.96. The molecule has 7 heteroatoms. The van der Waals surface area contributed by atoms with Gasteiger partial charge in [0.05, 0.1) is 16.6 Å². The van der Waals surface area contributed by atoms with Crippen molar-refractivity contribution >= 4 is 16.8 Å². The number of hydrogen-bond donors (Lipinski definition) is 1. The van der Waals surface area contributed by atoms with Crippen molar-refractivity contribution < 1.29 is 9.18 Å². The summed E-state index contributed by atoms with van der Waals surface area (Å²) in [4.78, 5) is 39.9. The Labute approximate surface area is 189 Å². The summed E-state index contributed by atoms with van der Waals surface area (Å²) >= 11 is 0. The molecule has 0 radical (unpaired) electrons. The van der Waals surface area contributed by atoms with Crippen LogP contribution in [0.2, 0.25) is 0 Å². The Bertz CT molecular complexity index is 1470. The monoisotopic (exact) mass is 445 g/mol. The summed E-state index contributed by atoms with van der Waals surface area (Å²) in [6, 6.07) is 17.1. The number of rotatable bonds is 5. The molecule has 0 aliphatic heterocycles. The van der Waals surface area contributed by atoms with Crippen LogP contribution in [0.25, 0.3) is 16.6 Å². The lowest BCUT2D eigenvalue weighted by Crippen LogP contribution is -2.43. The van der Waals surface area contributed by atoms with Crippen LogP contribution < -0.4 is 16.6 Å². The van der Waals surface area contributed by atoms with Gasteiger partial charge in [0.1, 0.15) is 11.9 Å². The molecule has 0 unspecified atom stereocenters. The summed E-state index contributed by atoms with van der Waals surface area (Å²) in [6.45, 7) is 5.57. The molecule has 168 valence electrons. The van der Waals surface area contributed by atoms with E-state index < -0.39 is 23.2 Å². The molecule has 3 aromatic carbocycles. The highest BCUT2D eigenvalue weighted by atomic mass is 19.1. The van der Waals surface area contributed by atoms with E-state index in [2.05, 4.69) is 5.32 Å². The maximum atomic E-state index is 13.6. The van der Waals surface area contributed by atoms with Crippen molar-refractivity contribution in [3.05, 3.63) is 110 Å². The topological polar surface area (TPSA) is 73.1 Å². The van der Waals surface area contributed by atoms with Gasteiger partial charge in [-0.25, -0.2) is 13.8 Å². The fraction of sp³-hybridized carbons (Fsp3) is 0.192. The first-order valence-corrected chi connectivity index (χ1v) is 10.6. The molecule has 0 saturated heterocycles. The first-order valence-electron chi connectivity index (χ1n) is 10.6. The summed E-state index contributed by atoms with van der Waals surface area (Å²) < 4.78 is 15.6. The van der Waals surface area contributed by atoms with Gasteiger partial charge in [-0.1, -0.05) is 36.4 Å². The molecule has 0 spiro atoms. The number of carbonyl (C=O) groups is 1. The predicted octanol–water partition coefficient (Wildman–Crippen LogP) is 3.79. The van der Waals surface area contributed by atoms with E-state index in [0.29, 0.717) is 16.6 Å². The van der Waals surface area contributed by atoms with E-state index in [1.807, 2.05) is 19.9 Å². The zero-order valence-corrected chi connectivity index (χ0v) is 18.6. The number of para-hydroxylation sites is 1. The third-order valence-electron chi connectivity index (χ3n) is 5.96. The largest absolute Gasteiger partial charge is 0.350 e. The highest BCUT2D eigenvalue weighted by molar-refractivity contribution is 5.84. The van der Waals surface area contributed by atoms with Gasteiger partial charge in [0.15, 0.2) is 0 Å². The molecule has 6 nitrogen and oxygen atoms in total. The smallest absolute Gasteiger partial charge is 0.336 e. The number of nitrogens with one attached hydrogen (secondary N) is 1. The van der Waals surface area contributed by atoms with Crippen LogP contribution in [0.5, 0.6) is 0 Å². The number of carbonyl (C=O) groups excluding carboxylic acids is 1. The molecule has 0 aliphatic carbocycles. The maximum absolute atomic E-state index is 13.6. The van der Waals surface area contributed by atoms with Gasteiger partial charge >= 0.3 is 5.69 Å². The molecule has 33 heavy (non-hydrogen) atoms. The number of aryl methyl sites for hydroxylation is 1. The van der Waals surface area contributed by atoms with Gasteiger partial charge in [0.25, 0.3) is 5.56 Å². The number of hydrogen-bond acceptors (Lipinski definition) is 3. The molecule has 0 saturated carbocycles. The molecule has 0 fully saturated rings. The minimum atomic E-state index is -0.889. The molecule has 1 atom stereocenters. The quantitative estimate of drug-likeness (QED) is 0.508. The van der Waals surface area contributed by atoms with Gasteiger partial charge in [-0.2, -0.15) is 0 Å². The third kappa shape index (κ3) is 4.09. The van der Waals surface area contributed by atoms with Gasteiger partial charge in [0.2, 0.25) is 5.91 Å². The van der Waals surface area contributed by atoms with Gasteiger partial charge in [-0.05, 0) is 67.8 Å². The van der Waals surface area contributed by atoms with Crippen LogP contribution in [0.4, 0.5) is 4.39 Å². The molecule has 4 rings (SSSR count). The number of fused-ring (bicyclic) bond motifs is 1. The minimum Gasteiger partial charge on any atom is -0.350 e. The number of nitrogens with zero attached hydrogens (tertiary/aromatic N) is 2. The number of benzene rings is 3. The second-order valence-corrected chi connectivity index (χ2v) is 8.05. The van der Waals surface area contributed by atoms with Crippen molar-refractivity contribution in [1.82, 2.24) is 14.5 Å². The molecular formula is C26H24FN3O3. The first-order chi connectivity index (χ1) is 15.8. The van der Waals surface area contributed by atoms with Crippen molar-refractivity contribution in [3.63, 3.8) is 0 Å². The van der Waals surface area contributed by atoms with Crippen molar-refractivity contribution in [2.45, 2.75) is 33.4 Å². The zero-order valence-electron chi connectivity index (χ0n) is 18.6. The predicted molar refractivity (Wildman–Crippen MR) is 126 cm³/mol. The summed E-state index contributed by atoms with van der Waals surface area (Å²) in [7, 11) is 0. The molecular weight excluding hydrogens is 421 g/mol. The third-order valence-corrected chi connectivity index (χ3v) is 5.96. The van der Waals surface area contributed by atoms with Crippen LogP contribution in [0.1, 0.15) is 29.7 Å². The highest BCUT2D eigenvalue weighted by Gasteiger charge is 2.23. The Balaban J connectivity index is 1.82. The van der Waals surface area contributed by atoms with Gasteiger partial charge in [-0.15, -0.1) is 0 Å². The van der Waals surface area contributed by atoms with Crippen molar-refractivity contribution in [3.8, 4) is 5.69 Å². The molecule has 4 aromatic rings. The van der Waals surface area contributed by atoms with Gasteiger partial charge in [0, 0.05) is 6.54 Å².